The standard InChI is InChI=1S/C15H11BrN6OS2/c16-8-3-10(24-5-8)9-4-17-6-22(9)13-11-12(20-21-13)18-15(25-11)19-14(23)7-1-2-7/h3-7H,1-2H2,(H2,18,19,20,21,23). The van der Waals surface area contributed by atoms with Crippen LogP contribution < -0.4 is 5.32 Å². The molecule has 1 aliphatic rings. The van der Waals surface area contributed by atoms with Crippen molar-refractivity contribution in [3.63, 3.8) is 0 Å². The van der Waals surface area contributed by atoms with Gasteiger partial charge in [0.2, 0.25) is 5.91 Å². The van der Waals surface area contributed by atoms with Gasteiger partial charge in [-0.3, -0.25) is 14.5 Å². The summed E-state index contributed by atoms with van der Waals surface area (Å²) in [5.41, 5.74) is 1.62. The van der Waals surface area contributed by atoms with Gasteiger partial charge in [-0.05, 0) is 34.8 Å². The number of thiophene rings is 1. The number of fused-ring (bicyclic) bond motifs is 1. The number of halogens is 1. The van der Waals surface area contributed by atoms with Crippen LogP contribution in [0.3, 0.4) is 0 Å². The molecule has 4 aromatic rings. The second-order valence-corrected chi connectivity index (χ2v) is 8.61. The second kappa shape index (κ2) is 5.75. The van der Waals surface area contributed by atoms with Crippen LogP contribution in [-0.4, -0.2) is 30.6 Å². The zero-order chi connectivity index (χ0) is 17.0. The molecule has 0 aliphatic heterocycles. The molecule has 1 fully saturated rings. The van der Waals surface area contributed by atoms with Crippen molar-refractivity contribution in [2.75, 3.05) is 5.32 Å². The number of anilines is 1. The van der Waals surface area contributed by atoms with Gasteiger partial charge in [-0.1, -0.05) is 11.3 Å². The lowest BCUT2D eigenvalue weighted by molar-refractivity contribution is -0.117. The smallest absolute Gasteiger partial charge is 0.229 e. The average Bonchev–Trinajstić information content (AvgIpc) is 2.91. The maximum Gasteiger partial charge on any atom is 0.229 e. The van der Waals surface area contributed by atoms with Crippen molar-refractivity contribution in [3.8, 4) is 16.4 Å². The summed E-state index contributed by atoms with van der Waals surface area (Å²) >= 11 is 6.54. The minimum Gasteiger partial charge on any atom is -0.302 e. The van der Waals surface area contributed by atoms with E-state index in [0.29, 0.717) is 10.8 Å². The van der Waals surface area contributed by atoms with E-state index in [2.05, 4.69) is 47.5 Å². The fraction of sp³-hybridized carbons (Fsp3) is 0.200. The monoisotopic (exact) mass is 434 g/mol. The van der Waals surface area contributed by atoms with Crippen LogP contribution in [0.5, 0.6) is 0 Å². The van der Waals surface area contributed by atoms with Crippen LogP contribution in [0.15, 0.2) is 28.4 Å². The number of carbonyl (C=O) groups excluding carboxylic acids is 1. The first kappa shape index (κ1) is 15.2. The number of amides is 1. The van der Waals surface area contributed by atoms with Gasteiger partial charge in [0.25, 0.3) is 0 Å². The van der Waals surface area contributed by atoms with Crippen molar-refractivity contribution in [1.29, 1.82) is 0 Å². The first-order valence-corrected chi connectivity index (χ1v) is 10.1. The molecule has 4 heterocycles. The summed E-state index contributed by atoms with van der Waals surface area (Å²) in [6.45, 7) is 0. The van der Waals surface area contributed by atoms with Crippen molar-refractivity contribution in [2.45, 2.75) is 12.8 Å². The van der Waals surface area contributed by atoms with E-state index in [-0.39, 0.29) is 11.8 Å². The molecular formula is C15H11BrN6OS2. The molecule has 126 valence electrons. The van der Waals surface area contributed by atoms with E-state index in [1.165, 1.54) is 11.3 Å². The molecule has 1 saturated carbocycles. The minimum atomic E-state index is 0.0534. The van der Waals surface area contributed by atoms with Gasteiger partial charge in [-0.2, -0.15) is 5.10 Å². The number of aromatic amines is 1. The summed E-state index contributed by atoms with van der Waals surface area (Å²) in [4.78, 5) is 21.7. The lowest BCUT2D eigenvalue weighted by Gasteiger charge is -2.02. The van der Waals surface area contributed by atoms with Crippen LogP contribution in [0.2, 0.25) is 0 Å². The predicted molar refractivity (Wildman–Crippen MR) is 101 cm³/mol. The predicted octanol–water partition coefficient (Wildman–Crippen LogP) is 4.04. The normalized spacial score (nSPS) is 14.3. The first-order chi connectivity index (χ1) is 12.2. The van der Waals surface area contributed by atoms with Gasteiger partial charge in [0.05, 0.1) is 16.8 Å². The molecule has 0 atom stereocenters. The quantitative estimate of drug-likeness (QED) is 0.506. The number of hydrogen-bond donors (Lipinski definition) is 2. The Kier molecular flexibility index (Phi) is 3.50. The zero-order valence-electron chi connectivity index (χ0n) is 12.7. The summed E-state index contributed by atoms with van der Waals surface area (Å²) in [5.74, 6) is 0.937. The molecule has 4 aromatic heterocycles. The minimum absolute atomic E-state index is 0.0534. The molecule has 1 amide bonds. The molecule has 0 bridgehead atoms. The summed E-state index contributed by atoms with van der Waals surface area (Å²) < 4.78 is 3.86. The van der Waals surface area contributed by atoms with Crippen LogP contribution in [0.4, 0.5) is 5.13 Å². The summed E-state index contributed by atoms with van der Waals surface area (Å²) in [6.07, 6.45) is 5.49. The number of rotatable bonds is 4. The van der Waals surface area contributed by atoms with Crippen LogP contribution in [0.1, 0.15) is 12.8 Å². The Morgan fingerprint density at radius 2 is 2.32 bits per heavy atom. The van der Waals surface area contributed by atoms with Crippen molar-refractivity contribution >= 4 is 60.0 Å². The third-order valence-corrected chi connectivity index (χ3v) is 6.64. The number of carbonyl (C=O) groups is 1. The van der Waals surface area contributed by atoms with Crippen LogP contribution >= 0.6 is 38.6 Å². The third kappa shape index (κ3) is 2.70. The van der Waals surface area contributed by atoms with Gasteiger partial charge >= 0.3 is 0 Å². The largest absolute Gasteiger partial charge is 0.302 e. The van der Waals surface area contributed by atoms with Gasteiger partial charge in [-0.15, -0.1) is 11.3 Å². The highest BCUT2D eigenvalue weighted by Crippen LogP contribution is 2.36. The van der Waals surface area contributed by atoms with Gasteiger partial charge in [-0.25, -0.2) is 9.97 Å². The molecule has 1 aliphatic carbocycles. The highest BCUT2D eigenvalue weighted by molar-refractivity contribution is 9.10. The van der Waals surface area contributed by atoms with E-state index in [0.717, 1.165) is 38.4 Å². The average molecular weight is 435 g/mol. The number of thiazole rings is 1. The van der Waals surface area contributed by atoms with Crippen molar-refractivity contribution < 1.29 is 4.79 Å². The van der Waals surface area contributed by atoms with E-state index in [9.17, 15) is 4.79 Å². The molecule has 7 nitrogen and oxygen atoms in total. The zero-order valence-corrected chi connectivity index (χ0v) is 15.9. The Labute approximate surface area is 158 Å². The summed E-state index contributed by atoms with van der Waals surface area (Å²) in [6, 6.07) is 2.05. The Bertz CT molecular complexity index is 1090. The molecule has 10 heteroatoms. The molecule has 2 N–H and O–H groups in total. The van der Waals surface area contributed by atoms with E-state index in [1.807, 2.05) is 16.1 Å². The summed E-state index contributed by atoms with van der Waals surface area (Å²) in [7, 11) is 0. The first-order valence-electron chi connectivity index (χ1n) is 7.62. The fourth-order valence-electron chi connectivity index (χ4n) is 2.57. The fourth-order valence-corrected chi connectivity index (χ4v) is 4.91. The van der Waals surface area contributed by atoms with Crippen molar-refractivity contribution in [1.82, 2.24) is 24.7 Å². The van der Waals surface area contributed by atoms with Crippen LogP contribution in [-0.2, 0) is 4.79 Å². The molecule has 0 radical (unpaired) electrons. The number of nitrogens with zero attached hydrogens (tertiary/aromatic N) is 4. The number of imidazole rings is 1. The van der Waals surface area contributed by atoms with Gasteiger partial charge in [0.1, 0.15) is 11.0 Å². The van der Waals surface area contributed by atoms with Gasteiger partial charge < -0.3 is 5.32 Å². The van der Waals surface area contributed by atoms with Gasteiger partial charge in [0, 0.05) is 15.8 Å². The number of nitrogens with one attached hydrogen (secondary N) is 2. The molecular weight excluding hydrogens is 424 g/mol. The van der Waals surface area contributed by atoms with E-state index in [4.69, 9.17) is 0 Å². The lowest BCUT2D eigenvalue weighted by Crippen LogP contribution is -2.12. The molecule has 0 spiro atoms. The molecule has 0 aromatic carbocycles. The molecule has 5 rings (SSSR count). The summed E-state index contributed by atoms with van der Waals surface area (Å²) in [5, 5.41) is 12.9. The molecule has 0 saturated heterocycles. The van der Waals surface area contributed by atoms with Crippen molar-refractivity contribution in [2.24, 2.45) is 5.92 Å². The molecule has 25 heavy (non-hydrogen) atoms. The Hall–Kier alpha value is -2.04. The third-order valence-electron chi connectivity index (χ3n) is 3.96. The Morgan fingerprint density at radius 3 is 3.08 bits per heavy atom. The van der Waals surface area contributed by atoms with Crippen molar-refractivity contribution in [3.05, 3.63) is 28.4 Å². The Balaban J connectivity index is 1.54. The number of aromatic nitrogens is 5. The maximum absolute atomic E-state index is 11.9. The maximum atomic E-state index is 11.9. The topological polar surface area (TPSA) is 88.5 Å². The van der Waals surface area contributed by atoms with Crippen LogP contribution in [0.25, 0.3) is 26.7 Å². The van der Waals surface area contributed by atoms with E-state index >= 15 is 0 Å². The Morgan fingerprint density at radius 1 is 1.44 bits per heavy atom. The van der Waals surface area contributed by atoms with E-state index in [1.54, 1.807) is 17.7 Å². The highest BCUT2D eigenvalue weighted by atomic mass is 79.9. The highest BCUT2D eigenvalue weighted by Gasteiger charge is 2.30. The lowest BCUT2D eigenvalue weighted by atomic mass is 10.3. The van der Waals surface area contributed by atoms with Crippen LogP contribution in [0, 0.1) is 5.92 Å². The second-order valence-electron chi connectivity index (χ2n) is 5.79. The molecule has 0 unspecified atom stereocenters. The number of H-pyrrole nitrogens is 1. The van der Waals surface area contributed by atoms with E-state index < -0.39 is 0 Å². The number of hydrogen-bond acceptors (Lipinski definition) is 6. The SMILES string of the molecule is O=C(Nc1nc2[nH]nc(-n3cncc3-c3cc(Br)cs3)c2s1)C1CC1. The van der Waals surface area contributed by atoms with Gasteiger partial charge in [0.15, 0.2) is 16.6 Å².